The summed E-state index contributed by atoms with van der Waals surface area (Å²) in [6, 6.07) is 0. The Morgan fingerprint density at radius 1 is 0.500 bits per heavy atom. The Labute approximate surface area is 139 Å². The minimum absolute atomic E-state index is 0. The minimum Gasteiger partial charge on any atom is -1.00 e. The van der Waals surface area contributed by atoms with Gasteiger partial charge in [0.15, 0.2) is 0 Å². The molecule has 2 heteroatoms. The van der Waals surface area contributed by atoms with Gasteiger partial charge in [0.25, 0.3) is 0 Å². The number of unbranched alkanes of at least 4 members (excludes halogenated alkanes) is 10. The molecule has 0 amide bonds. The van der Waals surface area contributed by atoms with Gasteiger partial charge in [-0.2, -0.15) is 0 Å². The molecule has 0 unspecified atom stereocenters. The number of hydrogen-bond acceptors (Lipinski definition) is 0. The Bertz CT molecular complexity index is 162. The van der Waals surface area contributed by atoms with Crippen molar-refractivity contribution in [2.24, 2.45) is 0 Å². The zero-order valence-electron chi connectivity index (χ0n) is 14.7. The SMILES string of the molecule is CCCCCCCC[N+](C)(C)CCCCCCCC.[Br-]. The van der Waals surface area contributed by atoms with E-state index in [1.54, 1.807) is 0 Å². The van der Waals surface area contributed by atoms with Gasteiger partial charge in [-0.1, -0.05) is 65.2 Å². The molecule has 0 bridgehead atoms. The lowest BCUT2D eigenvalue weighted by atomic mass is 10.1. The molecule has 0 aromatic heterocycles. The molecule has 1 nitrogen and oxygen atoms in total. The van der Waals surface area contributed by atoms with E-state index >= 15 is 0 Å². The fourth-order valence-electron chi connectivity index (χ4n) is 2.75. The fraction of sp³-hybridized carbons (Fsp3) is 1.00. The van der Waals surface area contributed by atoms with Gasteiger partial charge in [0.05, 0.1) is 27.2 Å². The molecule has 0 radical (unpaired) electrons. The first-order valence-corrected chi connectivity index (χ1v) is 8.94. The highest BCUT2D eigenvalue weighted by atomic mass is 79.9. The summed E-state index contributed by atoms with van der Waals surface area (Å²) in [5.74, 6) is 0. The Morgan fingerprint density at radius 3 is 1.15 bits per heavy atom. The number of quaternary nitrogens is 1. The largest absolute Gasteiger partial charge is 1.00 e. The molecule has 0 spiro atoms. The van der Waals surface area contributed by atoms with E-state index in [2.05, 4.69) is 27.9 Å². The average molecular weight is 350 g/mol. The molecule has 20 heavy (non-hydrogen) atoms. The van der Waals surface area contributed by atoms with Gasteiger partial charge in [0.2, 0.25) is 0 Å². The maximum Gasteiger partial charge on any atom is 0.0782 e. The van der Waals surface area contributed by atoms with E-state index in [1.165, 1.54) is 94.6 Å². The fourth-order valence-corrected chi connectivity index (χ4v) is 2.75. The average Bonchev–Trinajstić information content (AvgIpc) is 2.38. The second kappa shape index (κ2) is 15.8. The van der Waals surface area contributed by atoms with Crippen molar-refractivity contribution in [2.75, 3.05) is 27.2 Å². The summed E-state index contributed by atoms with van der Waals surface area (Å²) in [6.07, 6.45) is 17.1. The highest BCUT2D eigenvalue weighted by Crippen LogP contribution is 2.11. The van der Waals surface area contributed by atoms with Crippen LogP contribution >= 0.6 is 0 Å². The number of hydrogen-bond donors (Lipinski definition) is 0. The molecule has 0 atom stereocenters. The normalized spacial score (nSPS) is 11.4. The summed E-state index contributed by atoms with van der Waals surface area (Å²) in [7, 11) is 4.83. The van der Waals surface area contributed by atoms with Crippen molar-refractivity contribution >= 4 is 0 Å². The minimum atomic E-state index is 0. The Kier molecular flexibility index (Phi) is 18.0. The van der Waals surface area contributed by atoms with Crippen LogP contribution in [0.4, 0.5) is 0 Å². The smallest absolute Gasteiger partial charge is 0.0782 e. The van der Waals surface area contributed by atoms with Crippen LogP contribution in [0.2, 0.25) is 0 Å². The maximum atomic E-state index is 2.41. The van der Waals surface area contributed by atoms with Gasteiger partial charge in [-0.05, 0) is 25.7 Å². The lowest BCUT2D eigenvalue weighted by Gasteiger charge is -2.30. The van der Waals surface area contributed by atoms with Gasteiger partial charge in [0.1, 0.15) is 0 Å². The molecular weight excluding hydrogens is 310 g/mol. The van der Waals surface area contributed by atoms with Crippen molar-refractivity contribution < 1.29 is 21.5 Å². The monoisotopic (exact) mass is 349 g/mol. The zero-order chi connectivity index (χ0) is 14.4. The Hall–Kier alpha value is 0.440. The van der Waals surface area contributed by atoms with Crippen molar-refractivity contribution in [3.8, 4) is 0 Å². The van der Waals surface area contributed by atoms with Crippen molar-refractivity contribution in [3.05, 3.63) is 0 Å². The standard InChI is InChI=1S/C18H40N.BrH/c1-5-7-9-11-13-15-17-19(3,4)18-16-14-12-10-8-6-2;/h5-18H2,1-4H3;1H/q+1;/p-1. The van der Waals surface area contributed by atoms with Crippen LogP contribution in [0, 0.1) is 0 Å². The van der Waals surface area contributed by atoms with E-state index in [1.807, 2.05) is 0 Å². The Balaban J connectivity index is 0. The highest BCUT2D eigenvalue weighted by molar-refractivity contribution is 4.46. The van der Waals surface area contributed by atoms with Crippen molar-refractivity contribution in [1.29, 1.82) is 0 Å². The van der Waals surface area contributed by atoms with Crippen LogP contribution in [0.15, 0.2) is 0 Å². The summed E-state index contributed by atoms with van der Waals surface area (Å²) in [5, 5.41) is 0. The second-order valence-corrected chi connectivity index (χ2v) is 6.92. The molecule has 0 saturated heterocycles. The summed E-state index contributed by atoms with van der Waals surface area (Å²) in [4.78, 5) is 0. The quantitative estimate of drug-likeness (QED) is 0.334. The molecule has 0 aliphatic rings. The van der Waals surface area contributed by atoms with E-state index in [-0.39, 0.29) is 17.0 Å². The van der Waals surface area contributed by atoms with Gasteiger partial charge in [-0.15, -0.1) is 0 Å². The molecule has 0 saturated carbocycles. The third-order valence-electron chi connectivity index (χ3n) is 4.23. The molecule has 0 aromatic carbocycles. The maximum absolute atomic E-state index is 2.41. The first-order valence-electron chi connectivity index (χ1n) is 8.94. The Morgan fingerprint density at radius 2 is 0.800 bits per heavy atom. The number of halogens is 1. The molecule has 0 heterocycles. The first kappa shape index (κ1) is 22.7. The van der Waals surface area contributed by atoms with Crippen LogP contribution < -0.4 is 17.0 Å². The zero-order valence-corrected chi connectivity index (χ0v) is 16.3. The van der Waals surface area contributed by atoms with Gasteiger partial charge >= 0.3 is 0 Å². The van der Waals surface area contributed by atoms with E-state index in [0.717, 1.165) is 0 Å². The van der Waals surface area contributed by atoms with Crippen LogP contribution in [0.25, 0.3) is 0 Å². The molecule has 124 valence electrons. The summed E-state index contributed by atoms with van der Waals surface area (Å²) in [5.41, 5.74) is 0. The van der Waals surface area contributed by atoms with Crippen molar-refractivity contribution in [2.45, 2.75) is 90.9 Å². The predicted molar refractivity (Wildman–Crippen MR) is 88.6 cm³/mol. The van der Waals surface area contributed by atoms with E-state index in [0.29, 0.717) is 0 Å². The summed E-state index contributed by atoms with van der Waals surface area (Å²) >= 11 is 0. The lowest BCUT2D eigenvalue weighted by Crippen LogP contribution is -3.00. The van der Waals surface area contributed by atoms with Gasteiger partial charge in [-0.3, -0.25) is 0 Å². The molecular formula is C18H40BrN. The second-order valence-electron chi connectivity index (χ2n) is 6.92. The van der Waals surface area contributed by atoms with Crippen molar-refractivity contribution in [1.82, 2.24) is 0 Å². The van der Waals surface area contributed by atoms with E-state index in [4.69, 9.17) is 0 Å². The highest BCUT2D eigenvalue weighted by Gasteiger charge is 2.13. The predicted octanol–water partition coefficient (Wildman–Crippen LogP) is 2.79. The van der Waals surface area contributed by atoms with Gasteiger partial charge < -0.3 is 21.5 Å². The molecule has 0 aliphatic heterocycles. The van der Waals surface area contributed by atoms with Crippen molar-refractivity contribution in [3.63, 3.8) is 0 Å². The summed E-state index contributed by atoms with van der Waals surface area (Å²) in [6.45, 7) is 7.34. The number of nitrogens with zero attached hydrogens (tertiary/aromatic N) is 1. The lowest BCUT2D eigenvalue weighted by molar-refractivity contribution is -0.890. The molecule has 0 N–H and O–H groups in total. The van der Waals surface area contributed by atoms with Crippen LogP contribution in [0.1, 0.15) is 90.9 Å². The molecule has 0 aromatic rings. The third-order valence-corrected chi connectivity index (χ3v) is 4.23. The van der Waals surface area contributed by atoms with Crippen LogP contribution in [-0.2, 0) is 0 Å². The van der Waals surface area contributed by atoms with E-state index in [9.17, 15) is 0 Å². The molecule has 0 rings (SSSR count). The first-order chi connectivity index (χ1) is 9.12. The topological polar surface area (TPSA) is 0 Å². The summed E-state index contributed by atoms with van der Waals surface area (Å²) < 4.78 is 1.24. The van der Waals surface area contributed by atoms with Crippen LogP contribution in [-0.4, -0.2) is 31.7 Å². The molecule has 0 fully saturated rings. The van der Waals surface area contributed by atoms with Crippen LogP contribution in [0.3, 0.4) is 0 Å². The van der Waals surface area contributed by atoms with Gasteiger partial charge in [0, 0.05) is 0 Å². The third kappa shape index (κ3) is 16.5. The van der Waals surface area contributed by atoms with Crippen LogP contribution in [0.5, 0.6) is 0 Å². The number of rotatable bonds is 14. The van der Waals surface area contributed by atoms with Gasteiger partial charge in [-0.25, -0.2) is 0 Å². The molecule has 0 aliphatic carbocycles. The van der Waals surface area contributed by atoms with E-state index < -0.39 is 0 Å².